The Labute approximate surface area is 185 Å². The molecule has 0 radical (unpaired) electrons. The maximum absolute atomic E-state index is 13.0. The summed E-state index contributed by atoms with van der Waals surface area (Å²) in [4.78, 5) is 36.5. The molecule has 3 aromatic carbocycles. The van der Waals surface area contributed by atoms with Crippen molar-refractivity contribution in [2.24, 2.45) is 0 Å². The highest BCUT2D eigenvalue weighted by Gasteiger charge is 2.11. The van der Waals surface area contributed by atoms with Gasteiger partial charge in [0.2, 0.25) is 5.91 Å². The molecule has 0 saturated heterocycles. The van der Waals surface area contributed by atoms with E-state index in [-0.39, 0.29) is 24.8 Å². The van der Waals surface area contributed by atoms with Gasteiger partial charge >= 0.3 is 0 Å². The van der Waals surface area contributed by atoms with Crippen LogP contribution in [0, 0.1) is 19.7 Å². The summed E-state index contributed by atoms with van der Waals surface area (Å²) in [5.41, 5.74) is 3.40. The van der Waals surface area contributed by atoms with Gasteiger partial charge < -0.3 is 15.4 Å². The number of hydrogen-bond donors (Lipinski definition) is 2. The summed E-state index contributed by atoms with van der Waals surface area (Å²) >= 11 is 0. The number of halogens is 1. The van der Waals surface area contributed by atoms with Gasteiger partial charge in [0.05, 0.1) is 6.54 Å². The SMILES string of the molecule is Cc1cccc(C)c1NC(=O)CNC(=O)COc1ccc(C(=O)c2ccc(F)cc2)cc1. The van der Waals surface area contributed by atoms with Crippen LogP contribution in [0.1, 0.15) is 27.0 Å². The number of aryl methyl sites for hydroxylation is 2. The highest BCUT2D eigenvalue weighted by Crippen LogP contribution is 2.19. The Morgan fingerprint density at radius 1 is 0.812 bits per heavy atom. The van der Waals surface area contributed by atoms with Gasteiger partial charge in [-0.1, -0.05) is 18.2 Å². The number of rotatable bonds is 8. The summed E-state index contributed by atoms with van der Waals surface area (Å²) in [5.74, 6) is -1.04. The molecule has 0 heterocycles. The van der Waals surface area contributed by atoms with Gasteiger partial charge in [0.15, 0.2) is 12.4 Å². The van der Waals surface area contributed by atoms with E-state index in [9.17, 15) is 18.8 Å². The van der Waals surface area contributed by atoms with E-state index in [4.69, 9.17) is 4.74 Å². The Hall–Kier alpha value is -4.00. The van der Waals surface area contributed by atoms with E-state index < -0.39 is 11.7 Å². The lowest BCUT2D eigenvalue weighted by molar-refractivity contribution is -0.125. The quantitative estimate of drug-likeness (QED) is 0.528. The maximum atomic E-state index is 13.0. The van der Waals surface area contributed by atoms with Crippen LogP contribution in [0.5, 0.6) is 5.75 Å². The fourth-order valence-electron chi connectivity index (χ4n) is 3.04. The van der Waals surface area contributed by atoms with Crippen molar-refractivity contribution in [1.82, 2.24) is 5.32 Å². The number of carbonyl (C=O) groups excluding carboxylic acids is 3. The van der Waals surface area contributed by atoms with Crippen molar-refractivity contribution < 1.29 is 23.5 Å². The highest BCUT2D eigenvalue weighted by molar-refractivity contribution is 6.09. The molecule has 0 unspecified atom stereocenters. The van der Waals surface area contributed by atoms with Gasteiger partial charge in [-0.05, 0) is 73.5 Å². The first-order valence-electron chi connectivity index (χ1n) is 9.99. The predicted molar refractivity (Wildman–Crippen MR) is 119 cm³/mol. The molecule has 32 heavy (non-hydrogen) atoms. The minimum Gasteiger partial charge on any atom is -0.484 e. The first kappa shape index (κ1) is 22.7. The summed E-state index contributed by atoms with van der Waals surface area (Å²) in [6, 6.07) is 17.3. The summed E-state index contributed by atoms with van der Waals surface area (Å²) < 4.78 is 18.4. The fraction of sp³-hybridized carbons (Fsp3) is 0.160. The number of ketones is 1. The zero-order chi connectivity index (χ0) is 23.1. The van der Waals surface area contributed by atoms with Crippen LogP contribution in [0.3, 0.4) is 0 Å². The molecule has 0 fully saturated rings. The summed E-state index contributed by atoms with van der Waals surface area (Å²) in [6.45, 7) is 3.34. The summed E-state index contributed by atoms with van der Waals surface area (Å²) in [6.07, 6.45) is 0. The van der Waals surface area contributed by atoms with E-state index in [0.29, 0.717) is 16.9 Å². The zero-order valence-corrected chi connectivity index (χ0v) is 17.8. The normalized spacial score (nSPS) is 10.3. The third kappa shape index (κ3) is 6.01. The van der Waals surface area contributed by atoms with Crippen molar-refractivity contribution in [3.63, 3.8) is 0 Å². The third-order valence-corrected chi connectivity index (χ3v) is 4.78. The van der Waals surface area contributed by atoms with Crippen molar-refractivity contribution >= 4 is 23.3 Å². The average Bonchev–Trinajstić information content (AvgIpc) is 2.79. The molecule has 0 spiro atoms. The zero-order valence-electron chi connectivity index (χ0n) is 17.8. The number of amides is 2. The molecule has 0 bridgehead atoms. The first-order valence-corrected chi connectivity index (χ1v) is 9.99. The fourth-order valence-corrected chi connectivity index (χ4v) is 3.04. The van der Waals surface area contributed by atoms with Gasteiger partial charge in [-0.2, -0.15) is 0 Å². The molecule has 0 aliphatic heterocycles. The van der Waals surface area contributed by atoms with Crippen LogP contribution >= 0.6 is 0 Å². The summed E-state index contributed by atoms with van der Waals surface area (Å²) in [5, 5.41) is 5.30. The van der Waals surface area contributed by atoms with Gasteiger partial charge in [-0.15, -0.1) is 0 Å². The minimum atomic E-state index is -0.451. The minimum absolute atomic E-state index is 0.179. The molecule has 3 aromatic rings. The molecular weight excluding hydrogens is 411 g/mol. The van der Waals surface area contributed by atoms with E-state index in [1.54, 1.807) is 24.3 Å². The average molecular weight is 434 g/mol. The second-order valence-corrected chi connectivity index (χ2v) is 7.24. The number of nitrogens with one attached hydrogen (secondary N) is 2. The molecule has 0 aliphatic carbocycles. The molecular formula is C25H23FN2O4. The topological polar surface area (TPSA) is 84.5 Å². The molecule has 0 atom stereocenters. The lowest BCUT2D eigenvalue weighted by Crippen LogP contribution is -2.36. The molecule has 2 N–H and O–H groups in total. The van der Waals surface area contributed by atoms with Crippen molar-refractivity contribution in [2.75, 3.05) is 18.5 Å². The Kier molecular flexibility index (Phi) is 7.33. The molecule has 7 heteroatoms. The van der Waals surface area contributed by atoms with Gasteiger partial charge in [-0.3, -0.25) is 14.4 Å². The second-order valence-electron chi connectivity index (χ2n) is 7.24. The number of para-hydroxylation sites is 1. The Bertz CT molecular complexity index is 1110. The third-order valence-electron chi connectivity index (χ3n) is 4.78. The van der Waals surface area contributed by atoms with Crippen LogP contribution in [-0.4, -0.2) is 30.7 Å². The monoisotopic (exact) mass is 434 g/mol. The first-order chi connectivity index (χ1) is 15.3. The number of carbonyl (C=O) groups is 3. The Balaban J connectivity index is 1.46. The molecule has 3 rings (SSSR count). The van der Waals surface area contributed by atoms with Crippen LogP contribution in [0.15, 0.2) is 66.7 Å². The van der Waals surface area contributed by atoms with E-state index in [1.165, 1.54) is 24.3 Å². The van der Waals surface area contributed by atoms with E-state index in [1.807, 2.05) is 32.0 Å². The van der Waals surface area contributed by atoms with Crippen molar-refractivity contribution in [2.45, 2.75) is 13.8 Å². The van der Waals surface area contributed by atoms with E-state index >= 15 is 0 Å². The van der Waals surface area contributed by atoms with Crippen molar-refractivity contribution in [3.05, 3.63) is 94.8 Å². The van der Waals surface area contributed by atoms with Crippen LogP contribution in [0.4, 0.5) is 10.1 Å². The summed E-state index contributed by atoms with van der Waals surface area (Å²) in [7, 11) is 0. The molecule has 0 saturated carbocycles. The lowest BCUT2D eigenvalue weighted by Gasteiger charge is -2.12. The molecule has 6 nitrogen and oxygen atoms in total. The van der Waals surface area contributed by atoms with E-state index in [0.717, 1.165) is 16.8 Å². The number of benzene rings is 3. The number of ether oxygens (including phenoxy) is 1. The highest BCUT2D eigenvalue weighted by atomic mass is 19.1. The largest absolute Gasteiger partial charge is 0.484 e. The molecule has 0 aliphatic rings. The van der Waals surface area contributed by atoms with Gasteiger partial charge in [0, 0.05) is 16.8 Å². The molecule has 164 valence electrons. The van der Waals surface area contributed by atoms with Gasteiger partial charge in [0.1, 0.15) is 11.6 Å². The standard InChI is InChI=1S/C25H23FN2O4/c1-16-4-3-5-17(2)24(16)28-22(29)14-27-23(30)15-32-21-12-8-19(9-13-21)25(31)18-6-10-20(26)11-7-18/h3-13H,14-15H2,1-2H3,(H,27,30)(H,28,29). The van der Waals surface area contributed by atoms with Gasteiger partial charge in [0.25, 0.3) is 5.91 Å². The second kappa shape index (κ2) is 10.3. The van der Waals surface area contributed by atoms with Crippen LogP contribution in [-0.2, 0) is 9.59 Å². The maximum Gasteiger partial charge on any atom is 0.258 e. The number of anilines is 1. The Morgan fingerprint density at radius 2 is 1.38 bits per heavy atom. The Morgan fingerprint density at radius 3 is 1.97 bits per heavy atom. The lowest BCUT2D eigenvalue weighted by atomic mass is 10.0. The van der Waals surface area contributed by atoms with Gasteiger partial charge in [-0.25, -0.2) is 4.39 Å². The van der Waals surface area contributed by atoms with Crippen molar-refractivity contribution in [1.29, 1.82) is 0 Å². The smallest absolute Gasteiger partial charge is 0.258 e. The number of hydrogen-bond acceptors (Lipinski definition) is 4. The van der Waals surface area contributed by atoms with Crippen LogP contribution in [0.25, 0.3) is 0 Å². The van der Waals surface area contributed by atoms with Crippen LogP contribution < -0.4 is 15.4 Å². The molecule has 2 amide bonds. The predicted octanol–water partition coefficient (Wildman–Crippen LogP) is 3.81. The van der Waals surface area contributed by atoms with Crippen LogP contribution in [0.2, 0.25) is 0 Å². The van der Waals surface area contributed by atoms with E-state index in [2.05, 4.69) is 10.6 Å². The van der Waals surface area contributed by atoms with Crippen molar-refractivity contribution in [3.8, 4) is 5.75 Å². The molecule has 0 aromatic heterocycles.